The molecule has 0 N–H and O–H groups in total. The monoisotopic (exact) mass is 260 g/mol. The molecular formula is C16H21FN2. The molecule has 0 radical (unpaired) electrons. The Kier molecular flexibility index (Phi) is 4.79. The van der Waals surface area contributed by atoms with Crippen LogP contribution < -0.4 is 4.90 Å². The van der Waals surface area contributed by atoms with Gasteiger partial charge in [0.15, 0.2) is 0 Å². The van der Waals surface area contributed by atoms with E-state index < -0.39 is 5.82 Å². The van der Waals surface area contributed by atoms with E-state index in [1.54, 1.807) is 6.07 Å². The molecule has 3 heteroatoms. The lowest BCUT2D eigenvalue weighted by molar-refractivity contribution is 0.435. The van der Waals surface area contributed by atoms with Crippen molar-refractivity contribution < 1.29 is 4.39 Å². The lowest BCUT2D eigenvalue weighted by atomic mass is 9.96. The van der Waals surface area contributed by atoms with Crippen LogP contribution in [0.3, 0.4) is 0 Å². The number of anilines is 1. The predicted molar refractivity (Wildman–Crippen MR) is 75.6 cm³/mol. The number of nitrogens with zero attached hydrogens (tertiary/aromatic N) is 2. The number of halogens is 1. The number of nitriles is 1. The number of hydrogen-bond donors (Lipinski definition) is 0. The number of rotatable bonds is 3. The highest BCUT2D eigenvalue weighted by molar-refractivity contribution is 5.59. The van der Waals surface area contributed by atoms with Gasteiger partial charge < -0.3 is 4.90 Å². The molecule has 102 valence electrons. The first-order chi connectivity index (χ1) is 9.26. The van der Waals surface area contributed by atoms with Gasteiger partial charge >= 0.3 is 0 Å². The molecule has 1 saturated heterocycles. The highest BCUT2D eigenvalue weighted by Crippen LogP contribution is 2.28. The van der Waals surface area contributed by atoms with Crippen LogP contribution in [0.25, 0.3) is 0 Å². The summed E-state index contributed by atoms with van der Waals surface area (Å²) in [5, 5.41) is 9.12. The predicted octanol–water partition coefficient (Wildman–Crippen LogP) is 4.10. The Morgan fingerprint density at radius 1 is 1.37 bits per heavy atom. The van der Waals surface area contributed by atoms with Crippen LogP contribution in [0, 0.1) is 23.1 Å². The maximum atomic E-state index is 13.7. The van der Waals surface area contributed by atoms with Gasteiger partial charge in [0.25, 0.3) is 0 Å². The zero-order chi connectivity index (χ0) is 13.7. The Labute approximate surface area is 114 Å². The molecule has 19 heavy (non-hydrogen) atoms. The third-order valence-corrected chi connectivity index (χ3v) is 3.99. The minimum absolute atomic E-state index is 0.191. The largest absolute Gasteiger partial charge is 0.370 e. The van der Waals surface area contributed by atoms with Crippen LogP contribution >= 0.6 is 0 Å². The minimum atomic E-state index is -0.408. The summed E-state index contributed by atoms with van der Waals surface area (Å²) < 4.78 is 13.7. The lowest BCUT2D eigenvalue weighted by Crippen LogP contribution is -2.25. The molecule has 1 fully saturated rings. The molecule has 0 saturated carbocycles. The molecule has 1 unspecified atom stereocenters. The maximum absolute atomic E-state index is 13.7. The normalized spacial score (nSPS) is 19.8. The standard InChI is InChI=1S/C16H21FN2/c1-2-5-13-6-4-10-19(11-9-13)16-8-3-7-15(17)14(16)12-18/h3,7-8,13H,2,4-6,9-11H2,1H3. The summed E-state index contributed by atoms with van der Waals surface area (Å²) in [6.45, 7) is 4.09. The summed E-state index contributed by atoms with van der Waals surface area (Å²) in [6, 6.07) is 6.92. The van der Waals surface area contributed by atoms with Crippen molar-refractivity contribution in [2.24, 2.45) is 5.92 Å². The smallest absolute Gasteiger partial charge is 0.143 e. The first-order valence-corrected chi connectivity index (χ1v) is 7.19. The average Bonchev–Trinajstić information content (AvgIpc) is 2.64. The third kappa shape index (κ3) is 3.26. The Hall–Kier alpha value is -1.56. The second-order valence-electron chi connectivity index (χ2n) is 5.32. The van der Waals surface area contributed by atoms with Gasteiger partial charge in [-0.25, -0.2) is 4.39 Å². The van der Waals surface area contributed by atoms with Gasteiger partial charge in [-0.15, -0.1) is 0 Å². The summed E-state index contributed by atoms with van der Waals surface area (Å²) in [7, 11) is 0. The van der Waals surface area contributed by atoms with Crippen LogP contribution in [-0.2, 0) is 0 Å². The van der Waals surface area contributed by atoms with Crippen LogP contribution in [0.2, 0.25) is 0 Å². The molecular weight excluding hydrogens is 239 g/mol. The minimum Gasteiger partial charge on any atom is -0.370 e. The summed E-state index contributed by atoms with van der Waals surface area (Å²) >= 11 is 0. The Morgan fingerprint density at radius 2 is 2.21 bits per heavy atom. The maximum Gasteiger partial charge on any atom is 0.143 e. The highest BCUT2D eigenvalue weighted by atomic mass is 19.1. The number of benzene rings is 1. The van der Waals surface area contributed by atoms with Gasteiger partial charge in [0.1, 0.15) is 17.4 Å². The van der Waals surface area contributed by atoms with Crippen LogP contribution in [0.15, 0.2) is 18.2 Å². The van der Waals surface area contributed by atoms with Gasteiger partial charge in [0.05, 0.1) is 5.69 Å². The van der Waals surface area contributed by atoms with E-state index in [9.17, 15) is 4.39 Å². The van der Waals surface area contributed by atoms with E-state index in [0.717, 1.165) is 37.5 Å². The van der Waals surface area contributed by atoms with E-state index in [4.69, 9.17) is 5.26 Å². The van der Waals surface area contributed by atoms with Crippen molar-refractivity contribution in [2.75, 3.05) is 18.0 Å². The van der Waals surface area contributed by atoms with Gasteiger partial charge in [-0.2, -0.15) is 5.26 Å². The second-order valence-corrected chi connectivity index (χ2v) is 5.32. The molecule has 0 aromatic heterocycles. The van der Waals surface area contributed by atoms with E-state index >= 15 is 0 Å². The zero-order valence-corrected chi connectivity index (χ0v) is 11.5. The second kappa shape index (κ2) is 6.56. The molecule has 0 amide bonds. The van der Waals surface area contributed by atoms with Gasteiger partial charge in [-0.1, -0.05) is 25.8 Å². The highest BCUT2D eigenvalue weighted by Gasteiger charge is 2.19. The Morgan fingerprint density at radius 3 is 2.95 bits per heavy atom. The first kappa shape index (κ1) is 13.9. The molecule has 0 spiro atoms. The SMILES string of the molecule is CCCC1CCCN(c2cccc(F)c2C#N)CC1. The Balaban J connectivity index is 2.15. The average molecular weight is 260 g/mol. The van der Waals surface area contributed by atoms with Gasteiger partial charge in [-0.05, 0) is 37.3 Å². The third-order valence-electron chi connectivity index (χ3n) is 3.99. The fourth-order valence-corrected chi connectivity index (χ4v) is 2.99. The molecule has 1 aliphatic rings. The zero-order valence-electron chi connectivity index (χ0n) is 11.5. The van der Waals surface area contributed by atoms with Gasteiger partial charge in [0.2, 0.25) is 0 Å². The first-order valence-electron chi connectivity index (χ1n) is 7.19. The van der Waals surface area contributed by atoms with Crippen molar-refractivity contribution in [3.63, 3.8) is 0 Å². The van der Waals surface area contributed by atoms with Crippen molar-refractivity contribution in [2.45, 2.75) is 39.0 Å². The van der Waals surface area contributed by atoms with Crippen molar-refractivity contribution in [3.8, 4) is 6.07 Å². The van der Waals surface area contributed by atoms with Gasteiger partial charge in [0, 0.05) is 13.1 Å². The molecule has 2 nitrogen and oxygen atoms in total. The summed E-state index contributed by atoms with van der Waals surface area (Å²) in [5.74, 6) is 0.378. The van der Waals surface area contributed by atoms with Crippen LogP contribution in [0.4, 0.5) is 10.1 Å². The molecule has 1 aromatic rings. The van der Waals surface area contributed by atoms with E-state index in [1.807, 2.05) is 12.1 Å². The van der Waals surface area contributed by atoms with Crippen molar-refractivity contribution in [1.82, 2.24) is 0 Å². The van der Waals surface area contributed by atoms with Crippen LogP contribution in [-0.4, -0.2) is 13.1 Å². The summed E-state index contributed by atoms with van der Waals surface area (Å²) in [5.41, 5.74) is 0.955. The van der Waals surface area contributed by atoms with E-state index in [0.29, 0.717) is 0 Å². The van der Waals surface area contributed by atoms with Crippen molar-refractivity contribution >= 4 is 5.69 Å². The van der Waals surface area contributed by atoms with Crippen LogP contribution in [0.5, 0.6) is 0 Å². The van der Waals surface area contributed by atoms with Crippen molar-refractivity contribution in [3.05, 3.63) is 29.6 Å². The molecule has 1 atom stereocenters. The van der Waals surface area contributed by atoms with E-state index in [2.05, 4.69) is 11.8 Å². The van der Waals surface area contributed by atoms with Crippen molar-refractivity contribution in [1.29, 1.82) is 5.26 Å². The molecule has 0 aliphatic carbocycles. The molecule has 1 aliphatic heterocycles. The lowest BCUT2D eigenvalue weighted by Gasteiger charge is -2.24. The number of hydrogen-bond acceptors (Lipinski definition) is 2. The quantitative estimate of drug-likeness (QED) is 0.818. The molecule has 0 bridgehead atoms. The van der Waals surface area contributed by atoms with Crippen LogP contribution in [0.1, 0.15) is 44.6 Å². The Bertz CT molecular complexity index is 464. The fraction of sp³-hybridized carbons (Fsp3) is 0.562. The topological polar surface area (TPSA) is 27.0 Å². The van der Waals surface area contributed by atoms with E-state index in [-0.39, 0.29) is 5.56 Å². The summed E-state index contributed by atoms with van der Waals surface area (Å²) in [4.78, 5) is 2.18. The summed E-state index contributed by atoms with van der Waals surface area (Å²) in [6.07, 6.45) is 6.04. The molecule has 1 aromatic carbocycles. The van der Waals surface area contributed by atoms with E-state index in [1.165, 1.54) is 25.3 Å². The van der Waals surface area contributed by atoms with Gasteiger partial charge in [-0.3, -0.25) is 0 Å². The molecule has 2 rings (SSSR count). The fourth-order valence-electron chi connectivity index (χ4n) is 2.99. The molecule has 1 heterocycles.